The van der Waals surface area contributed by atoms with Crippen LogP contribution >= 0.6 is 0 Å². The van der Waals surface area contributed by atoms with Crippen molar-refractivity contribution in [1.29, 1.82) is 0 Å². The van der Waals surface area contributed by atoms with E-state index in [1.165, 1.54) is 0 Å². The molecule has 0 fully saturated rings. The molecule has 0 unspecified atom stereocenters. The average Bonchev–Trinajstić information content (AvgIpc) is 2.44. The van der Waals surface area contributed by atoms with E-state index in [1.807, 2.05) is 37.3 Å². The van der Waals surface area contributed by atoms with Gasteiger partial charge in [0.15, 0.2) is 0 Å². The Balaban J connectivity index is 2.43. The van der Waals surface area contributed by atoms with Crippen molar-refractivity contribution in [2.45, 2.75) is 32.2 Å². The van der Waals surface area contributed by atoms with Crippen LogP contribution in [0.1, 0.15) is 25.3 Å². The van der Waals surface area contributed by atoms with Gasteiger partial charge in [-0.1, -0.05) is 30.3 Å². The summed E-state index contributed by atoms with van der Waals surface area (Å²) < 4.78 is 5.14. The summed E-state index contributed by atoms with van der Waals surface area (Å²) in [6.07, 6.45) is 1.16. The average molecular weight is 279 g/mol. The van der Waals surface area contributed by atoms with Gasteiger partial charge in [-0.3, -0.25) is 4.79 Å². The molecule has 0 spiro atoms. The molecule has 5 nitrogen and oxygen atoms in total. The number of hydrogen-bond donors (Lipinski definition) is 2. The van der Waals surface area contributed by atoms with Crippen LogP contribution in [0.2, 0.25) is 0 Å². The third-order valence-electron chi connectivity index (χ3n) is 2.81. The van der Waals surface area contributed by atoms with Gasteiger partial charge < -0.3 is 15.2 Å². The Hall–Kier alpha value is -1.88. The van der Waals surface area contributed by atoms with E-state index in [0.717, 1.165) is 5.56 Å². The topological polar surface area (TPSA) is 75.6 Å². The number of carbonyl (C=O) groups is 2. The summed E-state index contributed by atoms with van der Waals surface area (Å²) in [5.74, 6) is -1.28. The minimum Gasteiger partial charge on any atom is -0.480 e. The van der Waals surface area contributed by atoms with Crippen molar-refractivity contribution in [2.75, 3.05) is 13.2 Å². The van der Waals surface area contributed by atoms with Crippen LogP contribution in [0.4, 0.5) is 0 Å². The zero-order chi connectivity index (χ0) is 14.8. The predicted octanol–water partition coefficient (Wildman–Crippen LogP) is 1.62. The SMILES string of the molecule is CCOCCCC(=O)N[C@H](Cc1ccccc1)C(=O)O. The van der Waals surface area contributed by atoms with E-state index >= 15 is 0 Å². The van der Waals surface area contributed by atoms with Crippen LogP contribution in [-0.4, -0.2) is 36.2 Å². The van der Waals surface area contributed by atoms with Gasteiger partial charge in [0.05, 0.1) is 0 Å². The number of carboxylic acid groups (broad SMARTS) is 1. The second-order valence-corrected chi connectivity index (χ2v) is 4.45. The number of hydrogen-bond acceptors (Lipinski definition) is 3. The number of ether oxygens (including phenoxy) is 1. The van der Waals surface area contributed by atoms with Crippen molar-refractivity contribution in [3.05, 3.63) is 35.9 Å². The van der Waals surface area contributed by atoms with Gasteiger partial charge in [-0.15, -0.1) is 0 Å². The van der Waals surface area contributed by atoms with Crippen LogP contribution in [0.5, 0.6) is 0 Å². The molecule has 2 N–H and O–H groups in total. The number of rotatable bonds is 9. The van der Waals surface area contributed by atoms with Crippen molar-refractivity contribution in [2.24, 2.45) is 0 Å². The minimum absolute atomic E-state index is 0.256. The van der Waals surface area contributed by atoms with E-state index in [4.69, 9.17) is 9.84 Å². The Labute approximate surface area is 118 Å². The fraction of sp³-hybridized carbons (Fsp3) is 0.467. The maximum atomic E-state index is 11.7. The van der Waals surface area contributed by atoms with Crippen molar-refractivity contribution in [3.63, 3.8) is 0 Å². The number of aliphatic carboxylic acids is 1. The molecule has 0 aliphatic heterocycles. The molecule has 0 aliphatic carbocycles. The number of carboxylic acids is 1. The molecule has 1 aromatic rings. The quantitative estimate of drug-likeness (QED) is 0.673. The van der Waals surface area contributed by atoms with Gasteiger partial charge in [-0.05, 0) is 18.9 Å². The fourth-order valence-corrected chi connectivity index (χ4v) is 1.80. The lowest BCUT2D eigenvalue weighted by molar-refractivity contribution is -0.141. The van der Waals surface area contributed by atoms with Crippen molar-refractivity contribution >= 4 is 11.9 Å². The summed E-state index contributed by atoms with van der Waals surface area (Å²) in [4.78, 5) is 22.9. The van der Waals surface area contributed by atoms with Gasteiger partial charge in [0.25, 0.3) is 0 Å². The summed E-state index contributed by atoms with van der Waals surface area (Å²) in [5, 5.41) is 11.7. The smallest absolute Gasteiger partial charge is 0.326 e. The first kappa shape index (κ1) is 16.2. The molecular weight excluding hydrogens is 258 g/mol. The minimum atomic E-state index is -1.02. The molecular formula is C15H21NO4. The highest BCUT2D eigenvalue weighted by molar-refractivity contribution is 5.83. The maximum absolute atomic E-state index is 11.7. The fourth-order valence-electron chi connectivity index (χ4n) is 1.80. The molecule has 1 atom stereocenters. The number of nitrogens with one attached hydrogen (secondary N) is 1. The first-order valence-corrected chi connectivity index (χ1v) is 6.77. The number of carbonyl (C=O) groups excluding carboxylic acids is 1. The summed E-state index contributed by atoms with van der Waals surface area (Å²) in [6.45, 7) is 3.02. The van der Waals surface area contributed by atoms with Gasteiger partial charge >= 0.3 is 5.97 Å². The molecule has 1 amide bonds. The van der Waals surface area contributed by atoms with Crippen LogP contribution in [0.25, 0.3) is 0 Å². The van der Waals surface area contributed by atoms with Crippen molar-refractivity contribution in [3.8, 4) is 0 Å². The Morgan fingerprint density at radius 2 is 2.00 bits per heavy atom. The van der Waals surface area contributed by atoms with Gasteiger partial charge in [0.1, 0.15) is 6.04 Å². The summed E-state index contributed by atoms with van der Waals surface area (Å²) in [5.41, 5.74) is 0.884. The molecule has 0 aliphatic rings. The Morgan fingerprint density at radius 1 is 1.30 bits per heavy atom. The van der Waals surface area contributed by atoms with Gasteiger partial charge in [0.2, 0.25) is 5.91 Å². The van der Waals surface area contributed by atoms with Crippen LogP contribution in [0.15, 0.2) is 30.3 Å². The standard InChI is InChI=1S/C15H21NO4/c1-2-20-10-6-9-14(17)16-13(15(18)19)11-12-7-4-3-5-8-12/h3-5,7-8,13H,2,6,9-11H2,1H3,(H,16,17)(H,18,19)/t13-/m1/s1. The Kier molecular flexibility index (Phi) is 7.35. The zero-order valence-electron chi connectivity index (χ0n) is 11.7. The third kappa shape index (κ3) is 6.33. The van der Waals surface area contributed by atoms with E-state index < -0.39 is 12.0 Å². The lowest BCUT2D eigenvalue weighted by Crippen LogP contribution is -2.42. The van der Waals surface area contributed by atoms with E-state index in [2.05, 4.69) is 5.32 Å². The van der Waals surface area contributed by atoms with Crippen LogP contribution in [0, 0.1) is 0 Å². The molecule has 20 heavy (non-hydrogen) atoms. The molecule has 0 aromatic heterocycles. The van der Waals surface area contributed by atoms with E-state index in [1.54, 1.807) is 0 Å². The molecule has 0 bridgehead atoms. The molecule has 0 heterocycles. The highest BCUT2D eigenvalue weighted by Crippen LogP contribution is 2.04. The van der Waals surface area contributed by atoms with Crippen LogP contribution in [0.3, 0.4) is 0 Å². The molecule has 1 rings (SSSR count). The zero-order valence-corrected chi connectivity index (χ0v) is 11.7. The predicted molar refractivity (Wildman–Crippen MR) is 75.4 cm³/mol. The third-order valence-corrected chi connectivity index (χ3v) is 2.81. The Bertz CT molecular complexity index is 419. The molecule has 0 saturated carbocycles. The van der Waals surface area contributed by atoms with Crippen LogP contribution < -0.4 is 5.32 Å². The summed E-state index contributed by atoms with van der Waals surface area (Å²) >= 11 is 0. The van der Waals surface area contributed by atoms with Gasteiger partial charge in [-0.2, -0.15) is 0 Å². The van der Waals surface area contributed by atoms with Crippen LogP contribution in [-0.2, 0) is 20.7 Å². The summed E-state index contributed by atoms with van der Waals surface area (Å²) in [7, 11) is 0. The molecule has 0 saturated heterocycles. The first-order valence-electron chi connectivity index (χ1n) is 6.77. The number of benzene rings is 1. The molecule has 5 heteroatoms. The summed E-state index contributed by atoms with van der Waals surface area (Å²) in [6, 6.07) is 8.35. The highest BCUT2D eigenvalue weighted by Gasteiger charge is 2.19. The lowest BCUT2D eigenvalue weighted by Gasteiger charge is -2.14. The van der Waals surface area contributed by atoms with Gasteiger partial charge in [-0.25, -0.2) is 4.79 Å². The molecule has 110 valence electrons. The van der Waals surface area contributed by atoms with E-state index in [0.29, 0.717) is 19.6 Å². The van der Waals surface area contributed by atoms with Crippen molar-refractivity contribution < 1.29 is 19.4 Å². The lowest BCUT2D eigenvalue weighted by atomic mass is 10.1. The molecule has 0 radical (unpaired) electrons. The van der Waals surface area contributed by atoms with E-state index in [9.17, 15) is 9.59 Å². The normalized spacial score (nSPS) is 11.8. The molecule has 1 aromatic carbocycles. The second-order valence-electron chi connectivity index (χ2n) is 4.45. The highest BCUT2D eigenvalue weighted by atomic mass is 16.5. The second kappa shape index (κ2) is 9.09. The first-order chi connectivity index (χ1) is 9.63. The van der Waals surface area contributed by atoms with E-state index in [-0.39, 0.29) is 18.7 Å². The monoisotopic (exact) mass is 279 g/mol. The van der Waals surface area contributed by atoms with Gasteiger partial charge in [0, 0.05) is 26.1 Å². The number of amides is 1. The largest absolute Gasteiger partial charge is 0.480 e. The maximum Gasteiger partial charge on any atom is 0.326 e. The van der Waals surface area contributed by atoms with Crippen molar-refractivity contribution in [1.82, 2.24) is 5.32 Å². The Morgan fingerprint density at radius 3 is 2.60 bits per heavy atom.